The predicted molar refractivity (Wildman–Crippen MR) is 95.3 cm³/mol. The highest BCUT2D eigenvalue weighted by Gasteiger charge is 2.31. The molecular weight excluding hydrogens is 324 g/mol. The molecule has 0 N–H and O–H groups in total. The average Bonchev–Trinajstić information content (AvgIpc) is 2.70. The first kappa shape index (κ1) is 16.8. The summed E-state index contributed by atoms with van der Waals surface area (Å²) in [7, 11) is -3.52. The molecule has 0 amide bonds. The fraction of sp³-hybridized carbons (Fsp3) is 0.333. The van der Waals surface area contributed by atoms with Crippen molar-refractivity contribution in [2.24, 2.45) is 0 Å². The Hall–Kier alpha value is -2.05. The molecule has 2 aromatic rings. The Morgan fingerprint density at radius 2 is 1.71 bits per heavy atom. The molecule has 0 radical (unpaired) electrons. The molecule has 0 saturated carbocycles. The lowest BCUT2D eigenvalue weighted by atomic mass is 10.2. The molecule has 0 unspecified atom stereocenters. The number of fused-ring (bicyclic) bond motifs is 1. The monoisotopic (exact) mass is 346 g/mol. The largest absolute Gasteiger partial charge is 0.457 e. The highest BCUT2D eigenvalue weighted by Crippen LogP contribution is 2.35. The second kappa shape index (κ2) is 6.83. The first-order chi connectivity index (χ1) is 11.6. The molecule has 1 aliphatic rings. The van der Waals surface area contributed by atoms with Gasteiger partial charge in [0, 0.05) is 32.2 Å². The van der Waals surface area contributed by atoms with Crippen LogP contribution in [-0.2, 0) is 10.0 Å². The van der Waals surface area contributed by atoms with Crippen molar-refractivity contribution in [2.75, 3.05) is 31.1 Å². The van der Waals surface area contributed by atoms with Crippen molar-refractivity contribution >= 4 is 15.7 Å². The summed E-state index contributed by atoms with van der Waals surface area (Å²) in [5, 5.41) is 0. The number of nitrogens with zero attached hydrogens (tertiary/aromatic N) is 2. The van der Waals surface area contributed by atoms with E-state index in [0.717, 1.165) is 12.2 Å². The minimum absolute atomic E-state index is 0.317. The normalized spacial score (nSPS) is 17.2. The molecular formula is C18H22N2O3S. The van der Waals surface area contributed by atoms with E-state index in [-0.39, 0.29) is 0 Å². The third-order valence-corrected chi connectivity index (χ3v) is 6.23. The summed E-state index contributed by atoms with van der Waals surface area (Å²) in [6, 6.07) is 14.7. The lowest BCUT2D eigenvalue weighted by Crippen LogP contribution is -2.34. The summed E-state index contributed by atoms with van der Waals surface area (Å²) in [6.07, 6.45) is 0. The van der Waals surface area contributed by atoms with Crippen molar-refractivity contribution in [3.8, 4) is 11.5 Å². The quantitative estimate of drug-likeness (QED) is 0.852. The molecule has 2 aromatic carbocycles. The lowest BCUT2D eigenvalue weighted by molar-refractivity contribution is 0.437. The van der Waals surface area contributed by atoms with Crippen LogP contribution >= 0.6 is 0 Å². The molecule has 0 aromatic heterocycles. The van der Waals surface area contributed by atoms with Crippen LogP contribution in [-0.4, -0.2) is 38.9 Å². The van der Waals surface area contributed by atoms with Crippen LogP contribution < -0.4 is 9.64 Å². The number of hydrogen-bond donors (Lipinski definition) is 0. The minimum atomic E-state index is -3.52. The van der Waals surface area contributed by atoms with Crippen LogP contribution in [0.3, 0.4) is 0 Å². The van der Waals surface area contributed by atoms with Crippen molar-refractivity contribution in [3.05, 3.63) is 48.5 Å². The van der Waals surface area contributed by atoms with Crippen LogP contribution in [0.5, 0.6) is 11.5 Å². The van der Waals surface area contributed by atoms with Gasteiger partial charge in [0.2, 0.25) is 10.0 Å². The zero-order chi connectivity index (χ0) is 17.2. The van der Waals surface area contributed by atoms with E-state index in [4.69, 9.17) is 4.74 Å². The van der Waals surface area contributed by atoms with Gasteiger partial charge < -0.3 is 9.64 Å². The zero-order valence-electron chi connectivity index (χ0n) is 14.0. The molecule has 0 aliphatic carbocycles. The average molecular weight is 346 g/mol. The van der Waals surface area contributed by atoms with Gasteiger partial charge in [-0.05, 0) is 31.2 Å². The molecule has 5 nitrogen and oxygen atoms in total. The Balaban J connectivity index is 2.06. The zero-order valence-corrected chi connectivity index (χ0v) is 14.8. The van der Waals surface area contributed by atoms with Gasteiger partial charge in [-0.1, -0.05) is 25.1 Å². The Bertz CT molecular complexity index is 806. The van der Waals surface area contributed by atoms with E-state index < -0.39 is 10.0 Å². The van der Waals surface area contributed by atoms with E-state index in [1.54, 1.807) is 6.07 Å². The summed E-state index contributed by atoms with van der Waals surface area (Å²) in [5.41, 5.74) is 0.744. The molecule has 0 saturated heterocycles. The Kier molecular flexibility index (Phi) is 4.78. The number of para-hydroxylation sites is 1. The highest BCUT2D eigenvalue weighted by molar-refractivity contribution is 7.89. The van der Waals surface area contributed by atoms with Crippen LogP contribution in [0.1, 0.15) is 13.8 Å². The first-order valence-electron chi connectivity index (χ1n) is 8.18. The lowest BCUT2D eigenvalue weighted by Gasteiger charge is -2.22. The van der Waals surface area contributed by atoms with Gasteiger partial charge in [0.15, 0.2) is 0 Å². The molecule has 128 valence electrons. The molecule has 0 spiro atoms. The van der Waals surface area contributed by atoms with Crippen molar-refractivity contribution < 1.29 is 13.2 Å². The fourth-order valence-corrected chi connectivity index (χ4v) is 4.59. The maximum atomic E-state index is 13.0. The van der Waals surface area contributed by atoms with Gasteiger partial charge in [-0.2, -0.15) is 4.31 Å². The summed E-state index contributed by atoms with van der Waals surface area (Å²) in [6.45, 7) is 6.31. The van der Waals surface area contributed by atoms with Crippen LogP contribution in [0.25, 0.3) is 0 Å². The van der Waals surface area contributed by atoms with Crippen molar-refractivity contribution in [2.45, 2.75) is 18.7 Å². The fourth-order valence-electron chi connectivity index (χ4n) is 2.92. The molecule has 1 heterocycles. The SMILES string of the molecule is CCN1CCN(CC)S(=O)(=O)c2cc(Oc3ccccc3)ccc21. The summed E-state index contributed by atoms with van der Waals surface area (Å²) >= 11 is 0. The number of hydrogen-bond acceptors (Lipinski definition) is 4. The van der Waals surface area contributed by atoms with Gasteiger partial charge in [-0.3, -0.25) is 0 Å². The van der Waals surface area contributed by atoms with Gasteiger partial charge in [0.1, 0.15) is 16.4 Å². The Labute approximate surface area is 143 Å². The van der Waals surface area contributed by atoms with E-state index in [1.807, 2.05) is 56.3 Å². The maximum absolute atomic E-state index is 13.0. The topological polar surface area (TPSA) is 49.9 Å². The standard InChI is InChI=1S/C18H22N2O3S/c1-3-19-12-13-20(4-2)24(21,22)18-14-16(10-11-17(18)19)23-15-8-6-5-7-9-15/h5-11,14H,3-4,12-13H2,1-2H3. The Morgan fingerprint density at radius 1 is 0.958 bits per heavy atom. The van der Waals surface area contributed by atoms with Crippen molar-refractivity contribution in [1.82, 2.24) is 4.31 Å². The summed E-state index contributed by atoms with van der Waals surface area (Å²) in [4.78, 5) is 2.41. The van der Waals surface area contributed by atoms with E-state index >= 15 is 0 Å². The Morgan fingerprint density at radius 3 is 2.38 bits per heavy atom. The van der Waals surface area contributed by atoms with E-state index in [0.29, 0.717) is 36.0 Å². The number of benzene rings is 2. The van der Waals surface area contributed by atoms with Crippen LogP contribution in [0.15, 0.2) is 53.4 Å². The molecule has 0 fully saturated rings. The van der Waals surface area contributed by atoms with Gasteiger partial charge in [-0.15, -0.1) is 0 Å². The highest BCUT2D eigenvalue weighted by atomic mass is 32.2. The van der Waals surface area contributed by atoms with E-state index in [9.17, 15) is 8.42 Å². The van der Waals surface area contributed by atoms with Crippen molar-refractivity contribution in [3.63, 3.8) is 0 Å². The van der Waals surface area contributed by atoms with E-state index in [2.05, 4.69) is 4.90 Å². The second-order valence-corrected chi connectivity index (χ2v) is 7.53. The van der Waals surface area contributed by atoms with Crippen LogP contribution in [0.2, 0.25) is 0 Å². The van der Waals surface area contributed by atoms with Crippen LogP contribution in [0, 0.1) is 0 Å². The summed E-state index contributed by atoms with van der Waals surface area (Å²) in [5.74, 6) is 1.21. The molecule has 0 bridgehead atoms. The maximum Gasteiger partial charge on any atom is 0.245 e. The molecule has 3 rings (SSSR count). The second-order valence-electron chi connectivity index (χ2n) is 5.62. The molecule has 24 heavy (non-hydrogen) atoms. The third kappa shape index (κ3) is 3.12. The van der Waals surface area contributed by atoms with Gasteiger partial charge >= 0.3 is 0 Å². The van der Waals surface area contributed by atoms with Crippen molar-refractivity contribution in [1.29, 1.82) is 0 Å². The molecule has 0 atom stereocenters. The molecule has 6 heteroatoms. The van der Waals surface area contributed by atoms with Gasteiger partial charge in [0.05, 0.1) is 5.69 Å². The first-order valence-corrected chi connectivity index (χ1v) is 9.62. The number of sulfonamides is 1. The predicted octanol–water partition coefficient (Wildman–Crippen LogP) is 3.33. The third-order valence-electron chi connectivity index (χ3n) is 4.22. The number of anilines is 1. The minimum Gasteiger partial charge on any atom is -0.457 e. The summed E-state index contributed by atoms with van der Waals surface area (Å²) < 4.78 is 33.3. The van der Waals surface area contributed by atoms with Gasteiger partial charge in [0.25, 0.3) is 0 Å². The number of rotatable bonds is 4. The molecule has 1 aliphatic heterocycles. The smallest absolute Gasteiger partial charge is 0.245 e. The van der Waals surface area contributed by atoms with E-state index in [1.165, 1.54) is 4.31 Å². The van der Waals surface area contributed by atoms with Gasteiger partial charge in [-0.25, -0.2) is 8.42 Å². The number of likely N-dealkylation sites (N-methyl/N-ethyl adjacent to an activating group) is 2. The van der Waals surface area contributed by atoms with Crippen LogP contribution in [0.4, 0.5) is 5.69 Å². The number of ether oxygens (including phenoxy) is 1.